The first-order chi connectivity index (χ1) is 14.9. The van der Waals surface area contributed by atoms with Gasteiger partial charge in [0.05, 0.1) is 17.5 Å². The number of carbonyl (C=O) groups is 1. The standard InChI is InChI=1S/C26H37N3O2/c1-17(2)23(30)16-31-24-10-8-6-7-9-22-25(24)19(5)28-29-26(22)21-13-11-20(12-14-21)15-27-18(3)4/h11-14,17-18,24,27H,6-10,15-16H2,1-5H3. The van der Waals surface area contributed by atoms with E-state index in [1.54, 1.807) is 0 Å². The Morgan fingerprint density at radius 2 is 1.84 bits per heavy atom. The second-order valence-corrected chi connectivity index (χ2v) is 9.28. The lowest BCUT2D eigenvalue weighted by Gasteiger charge is -2.26. The van der Waals surface area contributed by atoms with Gasteiger partial charge in [0.1, 0.15) is 6.61 Å². The summed E-state index contributed by atoms with van der Waals surface area (Å²) < 4.78 is 6.19. The quantitative estimate of drug-likeness (QED) is 0.620. The van der Waals surface area contributed by atoms with Gasteiger partial charge in [-0.2, -0.15) is 5.10 Å². The zero-order valence-electron chi connectivity index (χ0n) is 19.7. The number of hydrogen-bond acceptors (Lipinski definition) is 5. The molecule has 1 unspecified atom stereocenters. The van der Waals surface area contributed by atoms with Crippen LogP contribution in [0.3, 0.4) is 0 Å². The largest absolute Gasteiger partial charge is 0.366 e. The average Bonchev–Trinajstić information content (AvgIpc) is 2.72. The maximum Gasteiger partial charge on any atom is 0.161 e. The number of nitrogens with one attached hydrogen (secondary N) is 1. The van der Waals surface area contributed by atoms with Gasteiger partial charge in [0.25, 0.3) is 0 Å². The van der Waals surface area contributed by atoms with Crippen LogP contribution in [0.4, 0.5) is 0 Å². The third-order valence-electron chi connectivity index (χ3n) is 6.03. The summed E-state index contributed by atoms with van der Waals surface area (Å²) in [6.07, 6.45) is 5.20. The highest BCUT2D eigenvalue weighted by molar-refractivity contribution is 5.81. The lowest BCUT2D eigenvalue weighted by atomic mass is 9.88. The number of Topliss-reactive ketones (excluding diaryl/α,β-unsaturated/α-hetero) is 1. The van der Waals surface area contributed by atoms with Crippen LogP contribution in [0.2, 0.25) is 0 Å². The van der Waals surface area contributed by atoms with E-state index in [1.165, 1.54) is 11.1 Å². The minimum atomic E-state index is -0.0956. The number of ether oxygens (including phenoxy) is 1. The van der Waals surface area contributed by atoms with Gasteiger partial charge in [-0.05, 0) is 37.3 Å². The molecular formula is C26H37N3O2. The molecule has 168 valence electrons. The number of rotatable bonds is 8. The van der Waals surface area contributed by atoms with Crippen LogP contribution in [0, 0.1) is 12.8 Å². The smallest absolute Gasteiger partial charge is 0.161 e. The first-order valence-electron chi connectivity index (χ1n) is 11.7. The van der Waals surface area contributed by atoms with E-state index in [0.717, 1.165) is 61.2 Å². The molecule has 0 amide bonds. The molecule has 2 aromatic rings. The van der Waals surface area contributed by atoms with E-state index in [1.807, 2.05) is 20.8 Å². The third-order valence-corrected chi connectivity index (χ3v) is 6.03. The number of nitrogens with zero attached hydrogens (tertiary/aromatic N) is 2. The Morgan fingerprint density at radius 1 is 1.10 bits per heavy atom. The minimum absolute atomic E-state index is 0.0102. The highest BCUT2D eigenvalue weighted by Crippen LogP contribution is 2.36. The lowest BCUT2D eigenvalue weighted by molar-refractivity contribution is -0.128. The van der Waals surface area contributed by atoms with Crippen LogP contribution in [-0.4, -0.2) is 28.6 Å². The predicted molar refractivity (Wildman–Crippen MR) is 125 cm³/mol. The second-order valence-electron chi connectivity index (χ2n) is 9.28. The van der Waals surface area contributed by atoms with E-state index >= 15 is 0 Å². The highest BCUT2D eigenvalue weighted by atomic mass is 16.5. The Balaban J connectivity index is 1.92. The average molecular weight is 424 g/mol. The van der Waals surface area contributed by atoms with Gasteiger partial charge in [-0.1, -0.05) is 64.8 Å². The number of aryl methyl sites for hydroxylation is 1. The number of benzene rings is 1. The Labute approximate surface area is 187 Å². The van der Waals surface area contributed by atoms with Crippen LogP contribution in [0.1, 0.15) is 81.9 Å². The molecule has 0 fully saturated rings. The molecule has 31 heavy (non-hydrogen) atoms. The summed E-state index contributed by atoms with van der Waals surface area (Å²) >= 11 is 0. The second kappa shape index (κ2) is 11.0. The first kappa shape index (κ1) is 23.6. The van der Waals surface area contributed by atoms with Gasteiger partial charge >= 0.3 is 0 Å². The molecule has 0 spiro atoms. The van der Waals surface area contributed by atoms with Gasteiger partial charge in [-0.25, -0.2) is 0 Å². The molecule has 3 rings (SSSR count). The summed E-state index contributed by atoms with van der Waals surface area (Å²) in [7, 11) is 0. The molecule has 0 saturated heterocycles. The number of carbonyl (C=O) groups excluding carboxylic acids is 1. The summed E-state index contributed by atoms with van der Waals surface area (Å²) in [5.74, 6) is 0.137. The molecule has 1 heterocycles. The third kappa shape index (κ3) is 6.20. The Bertz CT molecular complexity index is 875. The van der Waals surface area contributed by atoms with Crippen molar-refractivity contribution >= 4 is 5.78 Å². The van der Waals surface area contributed by atoms with Crippen molar-refractivity contribution in [3.63, 3.8) is 0 Å². The number of fused-ring (bicyclic) bond motifs is 1. The summed E-state index contributed by atoms with van der Waals surface area (Å²) in [6.45, 7) is 11.2. The summed E-state index contributed by atoms with van der Waals surface area (Å²) in [5, 5.41) is 12.6. The van der Waals surface area contributed by atoms with Crippen LogP contribution >= 0.6 is 0 Å². The normalized spacial score (nSPS) is 16.8. The maximum absolute atomic E-state index is 12.2. The molecule has 0 radical (unpaired) electrons. The van der Waals surface area contributed by atoms with Crippen molar-refractivity contribution in [2.45, 2.75) is 85.4 Å². The van der Waals surface area contributed by atoms with Gasteiger partial charge in [0.15, 0.2) is 5.78 Å². The highest BCUT2D eigenvalue weighted by Gasteiger charge is 2.26. The molecule has 1 aromatic carbocycles. The van der Waals surface area contributed by atoms with Crippen LogP contribution < -0.4 is 5.32 Å². The van der Waals surface area contributed by atoms with E-state index in [2.05, 4.69) is 53.6 Å². The zero-order valence-corrected chi connectivity index (χ0v) is 19.7. The predicted octanol–water partition coefficient (Wildman–Crippen LogP) is 5.35. The van der Waals surface area contributed by atoms with E-state index in [9.17, 15) is 4.79 Å². The van der Waals surface area contributed by atoms with Crippen LogP contribution in [-0.2, 0) is 22.5 Å². The van der Waals surface area contributed by atoms with Crippen LogP contribution in [0.25, 0.3) is 11.3 Å². The van der Waals surface area contributed by atoms with Gasteiger partial charge < -0.3 is 10.1 Å². The van der Waals surface area contributed by atoms with E-state index in [-0.39, 0.29) is 24.4 Å². The van der Waals surface area contributed by atoms with E-state index < -0.39 is 0 Å². The van der Waals surface area contributed by atoms with Gasteiger partial charge in [-0.15, -0.1) is 5.10 Å². The van der Waals surface area contributed by atoms with Crippen molar-refractivity contribution in [2.75, 3.05) is 6.61 Å². The Morgan fingerprint density at radius 3 is 2.52 bits per heavy atom. The summed E-state index contributed by atoms with van der Waals surface area (Å²) in [5.41, 5.74) is 6.60. The number of ketones is 1. The van der Waals surface area contributed by atoms with Crippen molar-refractivity contribution in [2.24, 2.45) is 5.92 Å². The zero-order chi connectivity index (χ0) is 22.4. The fraction of sp³-hybridized carbons (Fsp3) is 0.577. The molecule has 5 nitrogen and oxygen atoms in total. The monoisotopic (exact) mass is 423 g/mol. The van der Waals surface area contributed by atoms with Crippen molar-refractivity contribution in [3.05, 3.63) is 46.6 Å². The topological polar surface area (TPSA) is 64.1 Å². The molecule has 1 aromatic heterocycles. The number of hydrogen-bond donors (Lipinski definition) is 1. The van der Waals surface area contributed by atoms with Gasteiger partial charge in [0.2, 0.25) is 0 Å². The summed E-state index contributed by atoms with van der Waals surface area (Å²) in [6, 6.07) is 9.08. The molecule has 1 aliphatic rings. The Hall–Kier alpha value is -2.11. The van der Waals surface area contributed by atoms with Gasteiger partial charge in [0, 0.05) is 29.6 Å². The van der Waals surface area contributed by atoms with Crippen molar-refractivity contribution in [1.29, 1.82) is 0 Å². The molecule has 0 saturated carbocycles. The van der Waals surface area contributed by atoms with Gasteiger partial charge in [-0.3, -0.25) is 4.79 Å². The fourth-order valence-electron chi connectivity index (χ4n) is 4.07. The van der Waals surface area contributed by atoms with Crippen molar-refractivity contribution in [1.82, 2.24) is 15.5 Å². The van der Waals surface area contributed by atoms with E-state index in [4.69, 9.17) is 4.74 Å². The SMILES string of the molecule is Cc1nnc(-c2ccc(CNC(C)C)cc2)c2c1C(OCC(=O)C(C)C)CCCCC2. The van der Waals surface area contributed by atoms with Crippen LogP contribution in [0.5, 0.6) is 0 Å². The Kier molecular flexibility index (Phi) is 8.33. The molecule has 0 aliphatic heterocycles. The number of aromatic nitrogens is 2. The van der Waals surface area contributed by atoms with Crippen LogP contribution in [0.15, 0.2) is 24.3 Å². The molecule has 1 N–H and O–H groups in total. The fourth-order valence-corrected chi connectivity index (χ4v) is 4.07. The lowest BCUT2D eigenvalue weighted by Crippen LogP contribution is -2.21. The maximum atomic E-state index is 12.2. The van der Waals surface area contributed by atoms with Crippen molar-refractivity contribution < 1.29 is 9.53 Å². The first-order valence-corrected chi connectivity index (χ1v) is 11.7. The molecule has 1 aliphatic carbocycles. The van der Waals surface area contributed by atoms with E-state index in [0.29, 0.717) is 6.04 Å². The van der Waals surface area contributed by atoms with Crippen molar-refractivity contribution in [3.8, 4) is 11.3 Å². The molecule has 1 atom stereocenters. The molecule has 5 heteroatoms. The minimum Gasteiger partial charge on any atom is -0.366 e. The molecule has 0 bridgehead atoms. The summed E-state index contributed by atoms with van der Waals surface area (Å²) in [4.78, 5) is 12.2. The molecular weight excluding hydrogens is 386 g/mol.